The van der Waals surface area contributed by atoms with Crippen molar-refractivity contribution in [1.29, 1.82) is 0 Å². The number of aliphatic hydroxyl groups is 1. The Morgan fingerprint density at radius 3 is 2.62 bits per heavy atom. The average Bonchev–Trinajstić information content (AvgIpc) is 2.27. The molecule has 90 valence electrons. The van der Waals surface area contributed by atoms with Gasteiger partial charge in [0.2, 0.25) is 0 Å². The molecule has 1 atom stereocenters. The van der Waals surface area contributed by atoms with Gasteiger partial charge in [-0.15, -0.1) is 0 Å². The molecule has 0 saturated heterocycles. The van der Waals surface area contributed by atoms with Crippen LogP contribution in [0.1, 0.15) is 25.6 Å². The second kappa shape index (κ2) is 6.27. The molecule has 0 fully saturated rings. The fraction of sp³-hybridized carbons (Fsp3) is 0.636. The van der Waals surface area contributed by atoms with Crippen LogP contribution in [-0.2, 0) is 0 Å². The van der Waals surface area contributed by atoms with Gasteiger partial charge in [-0.3, -0.25) is 0 Å². The van der Waals surface area contributed by atoms with E-state index in [-0.39, 0.29) is 12.6 Å². The third kappa shape index (κ3) is 3.66. The topological polar surface area (TPSA) is 70.1 Å². The number of aromatic nitrogens is 2. The van der Waals surface area contributed by atoms with Gasteiger partial charge in [-0.05, 0) is 19.8 Å². The van der Waals surface area contributed by atoms with Gasteiger partial charge in [0.25, 0.3) is 0 Å². The maximum absolute atomic E-state index is 8.92. The third-order valence-corrected chi connectivity index (χ3v) is 2.42. The number of aryl methyl sites for hydroxylation is 1. The molecule has 0 spiro atoms. The molecular weight excluding hydrogens is 204 g/mol. The van der Waals surface area contributed by atoms with Crippen molar-refractivity contribution >= 4 is 11.6 Å². The molecule has 0 amide bonds. The number of nitrogens with zero attached hydrogens (tertiary/aromatic N) is 2. The number of hydrogen-bond donors (Lipinski definition) is 3. The first-order valence-electron chi connectivity index (χ1n) is 5.60. The fourth-order valence-electron chi connectivity index (χ4n) is 1.51. The van der Waals surface area contributed by atoms with E-state index in [2.05, 4.69) is 27.5 Å². The Kier molecular flexibility index (Phi) is 4.98. The molecule has 5 heteroatoms. The zero-order valence-corrected chi connectivity index (χ0v) is 10.1. The van der Waals surface area contributed by atoms with Crippen LogP contribution in [0.3, 0.4) is 0 Å². The minimum atomic E-state index is 0.189. The Labute approximate surface area is 96.3 Å². The Morgan fingerprint density at radius 2 is 2.06 bits per heavy atom. The van der Waals surface area contributed by atoms with Gasteiger partial charge in [-0.2, -0.15) is 0 Å². The highest BCUT2D eigenvalue weighted by Gasteiger charge is 2.07. The molecule has 1 rings (SSSR count). The van der Waals surface area contributed by atoms with Gasteiger partial charge in [0.05, 0.1) is 0 Å². The van der Waals surface area contributed by atoms with Gasteiger partial charge in [0.15, 0.2) is 0 Å². The monoisotopic (exact) mass is 224 g/mol. The summed E-state index contributed by atoms with van der Waals surface area (Å²) in [5, 5.41) is 15.2. The molecule has 0 aliphatic carbocycles. The van der Waals surface area contributed by atoms with Crippen LogP contribution < -0.4 is 10.6 Å². The first-order valence-corrected chi connectivity index (χ1v) is 5.60. The second-order valence-corrected chi connectivity index (χ2v) is 3.70. The summed E-state index contributed by atoms with van der Waals surface area (Å²) in [6.45, 7) is 4.13. The number of nitrogens with one attached hydrogen (secondary N) is 2. The molecule has 1 unspecified atom stereocenters. The van der Waals surface area contributed by atoms with Gasteiger partial charge in [-0.1, -0.05) is 6.92 Å². The quantitative estimate of drug-likeness (QED) is 0.681. The van der Waals surface area contributed by atoms with E-state index in [1.807, 2.05) is 20.0 Å². The lowest BCUT2D eigenvalue weighted by molar-refractivity contribution is 0.278. The first kappa shape index (κ1) is 12.7. The highest BCUT2D eigenvalue weighted by molar-refractivity contribution is 5.47. The first-order chi connectivity index (χ1) is 7.69. The number of hydrogen-bond acceptors (Lipinski definition) is 5. The summed E-state index contributed by atoms with van der Waals surface area (Å²) < 4.78 is 0. The van der Waals surface area contributed by atoms with Crippen LogP contribution in [0, 0.1) is 6.92 Å². The average molecular weight is 224 g/mol. The lowest BCUT2D eigenvalue weighted by atomic mass is 10.1. The summed E-state index contributed by atoms with van der Waals surface area (Å²) in [5.41, 5.74) is 0. The SMILES string of the molecule is CCC(CCO)Nc1cc(NC)nc(C)n1. The molecule has 0 aromatic carbocycles. The Balaban J connectivity index is 2.74. The van der Waals surface area contributed by atoms with Crippen molar-refractivity contribution in [2.24, 2.45) is 0 Å². The molecule has 0 saturated carbocycles. The standard InChI is InChI=1S/C11H20N4O/c1-4-9(5-6-16)15-11-7-10(12-3)13-8(2)14-11/h7,9,16H,4-6H2,1-3H3,(H2,12,13,14,15). The highest BCUT2D eigenvalue weighted by Crippen LogP contribution is 2.13. The van der Waals surface area contributed by atoms with Gasteiger partial charge >= 0.3 is 0 Å². The van der Waals surface area contributed by atoms with E-state index in [1.54, 1.807) is 0 Å². The molecule has 0 bridgehead atoms. The van der Waals surface area contributed by atoms with Crippen LogP contribution in [0.5, 0.6) is 0 Å². The Hall–Kier alpha value is -1.36. The zero-order valence-electron chi connectivity index (χ0n) is 10.1. The maximum atomic E-state index is 8.92. The van der Waals surface area contributed by atoms with Crippen molar-refractivity contribution in [3.05, 3.63) is 11.9 Å². The lowest BCUT2D eigenvalue weighted by Gasteiger charge is -2.17. The molecule has 5 nitrogen and oxygen atoms in total. The predicted octanol–water partition coefficient (Wildman–Crippen LogP) is 1.40. The number of aliphatic hydroxyl groups excluding tert-OH is 1. The molecular formula is C11H20N4O. The van der Waals surface area contributed by atoms with Crippen molar-refractivity contribution < 1.29 is 5.11 Å². The highest BCUT2D eigenvalue weighted by atomic mass is 16.3. The van der Waals surface area contributed by atoms with Gasteiger partial charge < -0.3 is 15.7 Å². The van der Waals surface area contributed by atoms with Crippen molar-refractivity contribution in [1.82, 2.24) is 9.97 Å². The van der Waals surface area contributed by atoms with Crippen LogP contribution in [0.4, 0.5) is 11.6 Å². The van der Waals surface area contributed by atoms with E-state index >= 15 is 0 Å². The van der Waals surface area contributed by atoms with Crippen LogP contribution in [0.15, 0.2) is 6.07 Å². The van der Waals surface area contributed by atoms with E-state index in [9.17, 15) is 0 Å². The second-order valence-electron chi connectivity index (χ2n) is 3.70. The molecule has 0 aliphatic rings. The Bertz CT molecular complexity index is 330. The summed E-state index contributed by atoms with van der Waals surface area (Å²) in [4.78, 5) is 8.53. The van der Waals surface area contributed by atoms with Crippen molar-refractivity contribution in [3.63, 3.8) is 0 Å². The third-order valence-electron chi connectivity index (χ3n) is 2.42. The summed E-state index contributed by atoms with van der Waals surface area (Å²) >= 11 is 0. The smallest absolute Gasteiger partial charge is 0.132 e. The molecule has 16 heavy (non-hydrogen) atoms. The van der Waals surface area contributed by atoms with E-state index in [0.717, 1.165) is 30.3 Å². The molecule has 1 heterocycles. The zero-order chi connectivity index (χ0) is 12.0. The van der Waals surface area contributed by atoms with Gasteiger partial charge in [0.1, 0.15) is 17.5 Å². The fourth-order valence-corrected chi connectivity index (χ4v) is 1.51. The summed E-state index contributed by atoms with van der Waals surface area (Å²) in [5.74, 6) is 2.33. The van der Waals surface area contributed by atoms with Crippen LogP contribution in [0.25, 0.3) is 0 Å². The molecule has 3 N–H and O–H groups in total. The van der Waals surface area contributed by atoms with Crippen LogP contribution in [0.2, 0.25) is 0 Å². The van der Waals surface area contributed by atoms with Crippen molar-refractivity contribution in [3.8, 4) is 0 Å². The number of anilines is 2. The van der Waals surface area contributed by atoms with Crippen LogP contribution in [-0.4, -0.2) is 34.8 Å². The van der Waals surface area contributed by atoms with Gasteiger partial charge in [-0.25, -0.2) is 9.97 Å². The van der Waals surface area contributed by atoms with E-state index in [4.69, 9.17) is 5.11 Å². The van der Waals surface area contributed by atoms with E-state index in [0.29, 0.717) is 0 Å². The van der Waals surface area contributed by atoms with Gasteiger partial charge in [0, 0.05) is 25.8 Å². The largest absolute Gasteiger partial charge is 0.396 e. The van der Waals surface area contributed by atoms with Crippen molar-refractivity contribution in [2.75, 3.05) is 24.3 Å². The molecule has 0 radical (unpaired) electrons. The van der Waals surface area contributed by atoms with Crippen molar-refractivity contribution in [2.45, 2.75) is 32.7 Å². The normalized spacial score (nSPS) is 12.2. The predicted molar refractivity (Wildman–Crippen MR) is 65.7 cm³/mol. The number of rotatable bonds is 6. The minimum Gasteiger partial charge on any atom is -0.396 e. The van der Waals surface area contributed by atoms with E-state index < -0.39 is 0 Å². The van der Waals surface area contributed by atoms with Crippen LogP contribution >= 0.6 is 0 Å². The Morgan fingerprint density at radius 1 is 1.38 bits per heavy atom. The molecule has 1 aromatic rings. The molecule has 1 aromatic heterocycles. The minimum absolute atomic E-state index is 0.189. The summed E-state index contributed by atoms with van der Waals surface area (Å²) in [7, 11) is 1.83. The lowest BCUT2D eigenvalue weighted by Crippen LogP contribution is -2.21. The molecule has 0 aliphatic heterocycles. The summed E-state index contributed by atoms with van der Waals surface area (Å²) in [6, 6.07) is 2.12. The van der Waals surface area contributed by atoms with E-state index in [1.165, 1.54) is 0 Å². The summed E-state index contributed by atoms with van der Waals surface area (Å²) in [6.07, 6.45) is 1.69. The maximum Gasteiger partial charge on any atom is 0.132 e.